The van der Waals surface area contributed by atoms with E-state index < -0.39 is 0 Å². The van der Waals surface area contributed by atoms with Gasteiger partial charge in [-0.1, -0.05) is 6.07 Å². The monoisotopic (exact) mass is 220 g/mol. The van der Waals surface area contributed by atoms with Crippen molar-refractivity contribution in [3.8, 4) is 0 Å². The van der Waals surface area contributed by atoms with Crippen molar-refractivity contribution in [2.45, 2.75) is 19.8 Å². The zero-order chi connectivity index (χ0) is 10.7. The van der Waals surface area contributed by atoms with Crippen LogP contribution in [-0.2, 0) is 6.42 Å². The summed E-state index contributed by atoms with van der Waals surface area (Å²) in [5.74, 6) is 0. The summed E-state index contributed by atoms with van der Waals surface area (Å²) < 4.78 is 1.31. The van der Waals surface area contributed by atoms with E-state index in [-0.39, 0.29) is 0 Å². The summed E-state index contributed by atoms with van der Waals surface area (Å²) in [5.41, 5.74) is 2.44. The summed E-state index contributed by atoms with van der Waals surface area (Å²) >= 11 is 1.82. The Morgan fingerprint density at radius 2 is 2.27 bits per heavy atom. The van der Waals surface area contributed by atoms with E-state index in [4.69, 9.17) is 0 Å². The molecule has 2 rings (SSSR count). The van der Waals surface area contributed by atoms with Gasteiger partial charge >= 0.3 is 0 Å². The summed E-state index contributed by atoms with van der Waals surface area (Å²) in [5, 5.41) is 4.41. The third-order valence-electron chi connectivity index (χ3n) is 2.40. The first-order valence-corrected chi connectivity index (χ1v) is 6.12. The van der Waals surface area contributed by atoms with Crippen molar-refractivity contribution in [1.82, 2.24) is 10.3 Å². The molecule has 1 aromatic carbocycles. The van der Waals surface area contributed by atoms with Crippen LogP contribution < -0.4 is 5.32 Å². The molecule has 0 bridgehead atoms. The molecule has 1 N–H and O–H groups in total. The maximum atomic E-state index is 4.64. The van der Waals surface area contributed by atoms with Crippen molar-refractivity contribution in [2.75, 3.05) is 13.6 Å². The molecule has 0 aliphatic carbocycles. The van der Waals surface area contributed by atoms with Crippen LogP contribution >= 0.6 is 11.3 Å². The van der Waals surface area contributed by atoms with Crippen LogP contribution in [0, 0.1) is 6.92 Å². The molecule has 80 valence electrons. The molecular formula is C12H16N2S. The van der Waals surface area contributed by atoms with Crippen molar-refractivity contribution in [1.29, 1.82) is 0 Å². The predicted molar refractivity (Wildman–Crippen MR) is 66.6 cm³/mol. The SMILES string of the molecule is CNCCCc1nc2cc(C)ccc2s1. The molecular weight excluding hydrogens is 204 g/mol. The van der Waals surface area contributed by atoms with E-state index in [1.54, 1.807) is 0 Å². The third kappa shape index (κ3) is 2.55. The molecule has 0 saturated heterocycles. The van der Waals surface area contributed by atoms with Gasteiger partial charge in [-0.05, 0) is 44.6 Å². The lowest BCUT2D eigenvalue weighted by Crippen LogP contribution is -2.08. The van der Waals surface area contributed by atoms with E-state index in [0.717, 1.165) is 24.9 Å². The lowest BCUT2D eigenvalue weighted by Gasteiger charge is -1.94. The number of thiazole rings is 1. The van der Waals surface area contributed by atoms with Crippen LogP contribution in [-0.4, -0.2) is 18.6 Å². The minimum atomic E-state index is 1.06. The van der Waals surface area contributed by atoms with Crippen LogP contribution in [0.25, 0.3) is 10.2 Å². The number of hydrogen-bond acceptors (Lipinski definition) is 3. The molecule has 15 heavy (non-hydrogen) atoms. The molecule has 2 nitrogen and oxygen atoms in total. The standard InChI is InChI=1S/C12H16N2S/c1-9-5-6-11-10(8-9)14-12(15-11)4-3-7-13-2/h5-6,8,13H,3-4,7H2,1-2H3. The average Bonchev–Trinajstić information content (AvgIpc) is 2.60. The molecule has 3 heteroatoms. The summed E-state index contributed by atoms with van der Waals surface area (Å²) in [6, 6.07) is 6.48. The van der Waals surface area contributed by atoms with Gasteiger partial charge in [0.15, 0.2) is 0 Å². The third-order valence-corrected chi connectivity index (χ3v) is 3.50. The van der Waals surface area contributed by atoms with Crippen molar-refractivity contribution < 1.29 is 0 Å². The van der Waals surface area contributed by atoms with E-state index in [1.165, 1.54) is 15.3 Å². The first kappa shape index (κ1) is 10.6. The Morgan fingerprint density at radius 1 is 1.40 bits per heavy atom. The van der Waals surface area contributed by atoms with E-state index in [2.05, 4.69) is 35.4 Å². The van der Waals surface area contributed by atoms with Crippen molar-refractivity contribution >= 4 is 21.6 Å². The number of nitrogens with zero attached hydrogens (tertiary/aromatic N) is 1. The van der Waals surface area contributed by atoms with Crippen molar-refractivity contribution in [3.05, 3.63) is 28.8 Å². The molecule has 0 fully saturated rings. The largest absolute Gasteiger partial charge is 0.320 e. The van der Waals surface area contributed by atoms with Crippen molar-refractivity contribution in [2.24, 2.45) is 0 Å². The normalized spacial score (nSPS) is 11.1. The Hall–Kier alpha value is -0.930. The second kappa shape index (κ2) is 4.73. The number of rotatable bonds is 4. The highest BCUT2D eigenvalue weighted by Crippen LogP contribution is 2.23. The minimum absolute atomic E-state index is 1.06. The molecule has 0 amide bonds. The summed E-state index contributed by atoms with van der Waals surface area (Å²) in [7, 11) is 1.99. The maximum absolute atomic E-state index is 4.64. The Morgan fingerprint density at radius 3 is 3.07 bits per heavy atom. The lowest BCUT2D eigenvalue weighted by atomic mass is 10.2. The number of aryl methyl sites for hydroxylation is 2. The van der Waals surface area contributed by atoms with Crippen molar-refractivity contribution in [3.63, 3.8) is 0 Å². The molecule has 0 spiro atoms. The highest BCUT2D eigenvalue weighted by atomic mass is 32.1. The van der Waals surface area contributed by atoms with Gasteiger partial charge in [-0.2, -0.15) is 0 Å². The Labute approximate surface area is 94.3 Å². The van der Waals surface area contributed by atoms with Crippen LogP contribution in [0.1, 0.15) is 17.0 Å². The smallest absolute Gasteiger partial charge is 0.0939 e. The van der Waals surface area contributed by atoms with E-state index >= 15 is 0 Å². The summed E-state index contributed by atoms with van der Waals surface area (Å²) in [6.45, 7) is 3.18. The minimum Gasteiger partial charge on any atom is -0.320 e. The van der Waals surface area contributed by atoms with Gasteiger partial charge in [-0.15, -0.1) is 11.3 Å². The number of fused-ring (bicyclic) bond motifs is 1. The van der Waals surface area contributed by atoms with Gasteiger partial charge in [0.1, 0.15) is 0 Å². The zero-order valence-corrected chi connectivity index (χ0v) is 10.0. The van der Waals surface area contributed by atoms with Gasteiger partial charge in [0.2, 0.25) is 0 Å². The van der Waals surface area contributed by atoms with Crippen LogP contribution in [0.3, 0.4) is 0 Å². The summed E-state index contributed by atoms with van der Waals surface area (Å²) in [6.07, 6.45) is 2.24. The first-order chi connectivity index (χ1) is 7.29. The van der Waals surface area contributed by atoms with Gasteiger partial charge in [0, 0.05) is 6.42 Å². The predicted octanol–water partition coefficient (Wildman–Crippen LogP) is 2.76. The maximum Gasteiger partial charge on any atom is 0.0939 e. The second-order valence-electron chi connectivity index (χ2n) is 3.79. The van der Waals surface area contributed by atoms with Gasteiger partial charge in [-0.3, -0.25) is 0 Å². The van der Waals surface area contributed by atoms with Crippen LogP contribution in [0.4, 0.5) is 0 Å². The van der Waals surface area contributed by atoms with Crippen LogP contribution in [0.5, 0.6) is 0 Å². The zero-order valence-electron chi connectivity index (χ0n) is 9.21. The molecule has 0 radical (unpaired) electrons. The molecule has 1 aromatic heterocycles. The summed E-state index contributed by atoms with van der Waals surface area (Å²) in [4.78, 5) is 4.64. The van der Waals surface area contributed by atoms with Gasteiger partial charge in [-0.25, -0.2) is 4.98 Å². The molecule has 2 aromatic rings. The van der Waals surface area contributed by atoms with E-state index in [1.807, 2.05) is 18.4 Å². The first-order valence-electron chi connectivity index (χ1n) is 5.30. The molecule has 0 saturated carbocycles. The Bertz CT molecular complexity index is 448. The highest BCUT2D eigenvalue weighted by molar-refractivity contribution is 7.18. The highest BCUT2D eigenvalue weighted by Gasteiger charge is 2.03. The van der Waals surface area contributed by atoms with Gasteiger partial charge < -0.3 is 5.32 Å². The van der Waals surface area contributed by atoms with Crippen LogP contribution in [0.2, 0.25) is 0 Å². The molecule has 0 atom stereocenters. The number of benzene rings is 1. The van der Waals surface area contributed by atoms with E-state index in [9.17, 15) is 0 Å². The lowest BCUT2D eigenvalue weighted by molar-refractivity contribution is 0.723. The fraction of sp³-hybridized carbons (Fsp3) is 0.417. The average molecular weight is 220 g/mol. The fourth-order valence-corrected chi connectivity index (χ4v) is 2.60. The second-order valence-corrected chi connectivity index (χ2v) is 4.90. The van der Waals surface area contributed by atoms with Crippen LogP contribution in [0.15, 0.2) is 18.2 Å². The number of aromatic nitrogens is 1. The quantitative estimate of drug-likeness (QED) is 0.801. The number of hydrogen-bond donors (Lipinski definition) is 1. The molecule has 1 heterocycles. The van der Waals surface area contributed by atoms with E-state index in [0.29, 0.717) is 0 Å². The molecule has 0 aliphatic rings. The Kier molecular flexibility index (Phi) is 3.34. The van der Waals surface area contributed by atoms with Gasteiger partial charge in [0.05, 0.1) is 15.2 Å². The molecule has 0 unspecified atom stereocenters. The molecule has 0 aliphatic heterocycles. The Balaban J connectivity index is 2.16. The topological polar surface area (TPSA) is 24.9 Å². The fourth-order valence-electron chi connectivity index (χ4n) is 1.61. The number of nitrogens with one attached hydrogen (secondary N) is 1. The van der Waals surface area contributed by atoms with Gasteiger partial charge in [0.25, 0.3) is 0 Å².